The number of amides is 2. The molecule has 0 unspecified atom stereocenters. The van der Waals surface area contributed by atoms with Crippen molar-refractivity contribution < 1.29 is 23.5 Å². The van der Waals surface area contributed by atoms with Gasteiger partial charge < -0.3 is 19.7 Å². The third-order valence-electron chi connectivity index (χ3n) is 6.15. The third-order valence-corrected chi connectivity index (χ3v) is 6.15. The number of para-hydroxylation sites is 1. The summed E-state index contributed by atoms with van der Waals surface area (Å²) in [6.45, 7) is 3.07. The van der Waals surface area contributed by atoms with Crippen molar-refractivity contribution in [2.45, 2.75) is 32.5 Å². The van der Waals surface area contributed by atoms with Crippen molar-refractivity contribution in [3.63, 3.8) is 0 Å². The molecular formula is C26H24FN5O4. The second-order valence-electron chi connectivity index (χ2n) is 8.89. The number of carbonyl (C=O) groups excluding carboxylic acids is 2. The van der Waals surface area contributed by atoms with Gasteiger partial charge >= 0.3 is 0 Å². The number of benzene rings is 3. The lowest BCUT2D eigenvalue weighted by Gasteiger charge is -2.37. The fourth-order valence-electron chi connectivity index (χ4n) is 4.02. The van der Waals surface area contributed by atoms with Crippen molar-refractivity contribution in [2.24, 2.45) is 0 Å². The lowest BCUT2D eigenvalue weighted by Crippen LogP contribution is -2.55. The topological polar surface area (TPSA) is 98.6 Å². The second-order valence-corrected chi connectivity index (χ2v) is 8.89. The number of ether oxygens (including phenoxy) is 2. The van der Waals surface area contributed by atoms with Crippen molar-refractivity contribution in [1.29, 1.82) is 0 Å². The SMILES string of the molecule is CC(C)(C(=O)Nc1ccc2c(c1)OCO2)N(Cc1ccccc1F)C(=O)Cn1nnc2ccccc21. The summed E-state index contributed by atoms with van der Waals surface area (Å²) < 4.78 is 26.7. The minimum atomic E-state index is -1.36. The van der Waals surface area contributed by atoms with Crippen LogP contribution in [0, 0.1) is 5.82 Å². The Morgan fingerprint density at radius 3 is 2.64 bits per heavy atom. The highest BCUT2D eigenvalue weighted by Crippen LogP contribution is 2.34. The van der Waals surface area contributed by atoms with Gasteiger partial charge in [0, 0.05) is 23.9 Å². The fourth-order valence-corrected chi connectivity index (χ4v) is 4.02. The average molecular weight is 490 g/mol. The van der Waals surface area contributed by atoms with E-state index in [9.17, 15) is 14.0 Å². The molecule has 36 heavy (non-hydrogen) atoms. The molecule has 0 saturated carbocycles. The molecule has 0 spiro atoms. The van der Waals surface area contributed by atoms with Crippen LogP contribution in [0.3, 0.4) is 0 Å². The maximum atomic E-state index is 14.6. The van der Waals surface area contributed by atoms with Gasteiger partial charge in [-0.15, -0.1) is 5.10 Å². The van der Waals surface area contributed by atoms with Gasteiger partial charge in [0.05, 0.1) is 5.52 Å². The number of hydrogen-bond acceptors (Lipinski definition) is 6. The molecule has 4 aromatic rings. The van der Waals surface area contributed by atoms with E-state index in [0.29, 0.717) is 33.8 Å². The van der Waals surface area contributed by atoms with Gasteiger partial charge in [-0.25, -0.2) is 9.07 Å². The minimum absolute atomic E-state index is 0.111. The molecule has 0 aliphatic carbocycles. The Hall–Kier alpha value is -4.47. The van der Waals surface area contributed by atoms with Gasteiger partial charge in [-0.2, -0.15) is 0 Å². The van der Waals surface area contributed by atoms with Crippen molar-refractivity contribution in [2.75, 3.05) is 12.1 Å². The average Bonchev–Trinajstić information content (AvgIpc) is 3.50. The van der Waals surface area contributed by atoms with Crippen molar-refractivity contribution in [1.82, 2.24) is 19.9 Å². The third kappa shape index (κ3) is 4.45. The number of carbonyl (C=O) groups is 2. The first-order valence-corrected chi connectivity index (χ1v) is 11.4. The smallest absolute Gasteiger partial charge is 0.249 e. The van der Waals surface area contributed by atoms with Gasteiger partial charge in [0.25, 0.3) is 0 Å². The van der Waals surface area contributed by atoms with Crippen molar-refractivity contribution >= 4 is 28.5 Å². The maximum Gasteiger partial charge on any atom is 0.249 e. The van der Waals surface area contributed by atoms with E-state index in [1.54, 1.807) is 62.4 Å². The fraction of sp³-hybridized carbons (Fsp3) is 0.231. The standard InChI is InChI=1S/C26H24FN5O4/c1-26(2,25(34)28-18-11-12-22-23(13-18)36-16-35-22)31(14-17-7-3-4-8-19(17)27)24(33)15-32-21-10-6-5-9-20(21)29-30-32/h3-13H,14-16H2,1-2H3,(H,28,34). The van der Waals surface area contributed by atoms with Gasteiger partial charge in [-0.3, -0.25) is 9.59 Å². The summed E-state index contributed by atoms with van der Waals surface area (Å²) in [5, 5.41) is 11.0. The number of anilines is 1. The summed E-state index contributed by atoms with van der Waals surface area (Å²) in [5.41, 5.74) is 0.743. The normalized spacial score (nSPS) is 12.5. The molecule has 10 heteroatoms. The summed E-state index contributed by atoms with van der Waals surface area (Å²) in [7, 11) is 0. The van der Waals surface area contributed by atoms with Crippen LogP contribution in [0.2, 0.25) is 0 Å². The Bertz CT molecular complexity index is 1450. The Labute approximate surface area is 206 Å². The highest BCUT2D eigenvalue weighted by Gasteiger charge is 2.38. The summed E-state index contributed by atoms with van der Waals surface area (Å²) >= 11 is 0. The molecule has 0 fully saturated rings. The molecule has 1 aliphatic rings. The zero-order valence-electron chi connectivity index (χ0n) is 19.8. The van der Waals surface area contributed by atoms with Crippen LogP contribution >= 0.6 is 0 Å². The van der Waals surface area contributed by atoms with Crippen LogP contribution in [-0.4, -0.2) is 44.0 Å². The van der Waals surface area contributed by atoms with E-state index in [0.717, 1.165) is 0 Å². The van der Waals surface area contributed by atoms with Crippen LogP contribution < -0.4 is 14.8 Å². The number of fused-ring (bicyclic) bond motifs is 2. The number of rotatable bonds is 7. The molecule has 1 aromatic heterocycles. The van der Waals surface area contributed by atoms with Crippen LogP contribution in [-0.2, 0) is 22.7 Å². The van der Waals surface area contributed by atoms with E-state index in [2.05, 4.69) is 15.6 Å². The summed E-state index contributed by atoms with van der Waals surface area (Å²) in [5.74, 6) is -0.227. The van der Waals surface area contributed by atoms with Crippen LogP contribution in [0.5, 0.6) is 11.5 Å². The summed E-state index contributed by atoms with van der Waals surface area (Å²) in [4.78, 5) is 28.4. The summed E-state index contributed by atoms with van der Waals surface area (Å²) in [6.07, 6.45) is 0. The Kier molecular flexibility index (Phi) is 6.01. The summed E-state index contributed by atoms with van der Waals surface area (Å²) in [6, 6.07) is 18.5. The molecule has 2 heterocycles. The van der Waals surface area contributed by atoms with E-state index in [1.165, 1.54) is 15.6 Å². The second kappa shape index (κ2) is 9.29. The molecule has 9 nitrogen and oxygen atoms in total. The molecule has 1 N–H and O–H groups in total. The van der Waals surface area contributed by atoms with Gasteiger partial charge in [0.1, 0.15) is 23.4 Å². The number of aromatic nitrogens is 3. The maximum absolute atomic E-state index is 14.6. The largest absolute Gasteiger partial charge is 0.454 e. The number of nitrogens with one attached hydrogen (secondary N) is 1. The predicted molar refractivity (Wildman–Crippen MR) is 130 cm³/mol. The molecule has 0 radical (unpaired) electrons. The van der Waals surface area contributed by atoms with Gasteiger partial charge in [0.15, 0.2) is 11.5 Å². The van der Waals surface area contributed by atoms with Crippen molar-refractivity contribution in [3.05, 3.63) is 78.1 Å². The minimum Gasteiger partial charge on any atom is -0.454 e. The number of nitrogens with zero attached hydrogens (tertiary/aromatic N) is 4. The Morgan fingerprint density at radius 2 is 1.81 bits per heavy atom. The highest BCUT2D eigenvalue weighted by molar-refractivity contribution is 6.00. The van der Waals surface area contributed by atoms with Gasteiger partial charge in [-0.1, -0.05) is 35.5 Å². The highest BCUT2D eigenvalue weighted by atomic mass is 19.1. The van der Waals surface area contributed by atoms with Crippen molar-refractivity contribution in [3.8, 4) is 11.5 Å². The van der Waals surface area contributed by atoms with E-state index in [4.69, 9.17) is 9.47 Å². The monoisotopic (exact) mass is 489 g/mol. The Morgan fingerprint density at radius 1 is 1.06 bits per heavy atom. The van der Waals surface area contributed by atoms with Crippen LogP contribution in [0.25, 0.3) is 11.0 Å². The molecule has 5 rings (SSSR count). The van der Waals surface area contributed by atoms with E-state index >= 15 is 0 Å². The molecule has 2 amide bonds. The molecule has 1 aliphatic heterocycles. The Balaban J connectivity index is 1.43. The molecule has 0 bridgehead atoms. The van der Waals surface area contributed by atoms with E-state index in [-0.39, 0.29) is 19.9 Å². The number of hydrogen-bond donors (Lipinski definition) is 1. The first kappa shape index (κ1) is 23.3. The first-order valence-electron chi connectivity index (χ1n) is 11.4. The van der Waals surface area contributed by atoms with Gasteiger partial charge in [-0.05, 0) is 44.2 Å². The van der Waals surface area contributed by atoms with Crippen LogP contribution in [0.1, 0.15) is 19.4 Å². The lowest BCUT2D eigenvalue weighted by molar-refractivity contribution is -0.145. The quantitative estimate of drug-likeness (QED) is 0.425. The van der Waals surface area contributed by atoms with E-state index in [1.807, 2.05) is 12.1 Å². The molecular weight excluding hydrogens is 465 g/mol. The predicted octanol–water partition coefficient (Wildman–Crippen LogP) is 3.75. The molecule has 184 valence electrons. The zero-order valence-corrected chi connectivity index (χ0v) is 19.8. The molecule has 0 atom stereocenters. The van der Waals surface area contributed by atoms with E-state index < -0.39 is 23.2 Å². The molecule has 3 aromatic carbocycles. The lowest BCUT2D eigenvalue weighted by atomic mass is 9.99. The number of halogens is 1. The zero-order chi connectivity index (χ0) is 25.3. The first-order chi connectivity index (χ1) is 17.3. The van der Waals surface area contributed by atoms with Crippen LogP contribution in [0.15, 0.2) is 66.7 Å². The molecule has 0 saturated heterocycles. The van der Waals surface area contributed by atoms with Crippen LogP contribution in [0.4, 0.5) is 10.1 Å². The van der Waals surface area contributed by atoms with Gasteiger partial charge in [0.2, 0.25) is 18.6 Å².